The second kappa shape index (κ2) is 7.60. The summed E-state index contributed by atoms with van der Waals surface area (Å²) in [5.74, 6) is 0. The maximum atomic E-state index is 6.56. The van der Waals surface area contributed by atoms with Gasteiger partial charge in [-0.25, -0.2) is 0 Å². The predicted molar refractivity (Wildman–Crippen MR) is 84.7 cm³/mol. The van der Waals surface area contributed by atoms with Crippen LogP contribution in [-0.4, -0.2) is 20.8 Å². The lowest BCUT2D eigenvalue weighted by Gasteiger charge is -2.47. The highest BCUT2D eigenvalue weighted by Crippen LogP contribution is 2.41. The van der Waals surface area contributed by atoms with Crippen molar-refractivity contribution in [2.75, 3.05) is 0 Å². The van der Waals surface area contributed by atoms with Gasteiger partial charge < -0.3 is 8.85 Å². The zero-order valence-electron chi connectivity index (χ0n) is 13.4. The third kappa shape index (κ3) is 4.17. The Balaban J connectivity index is 2.86. The highest BCUT2D eigenvalue weighted by molar-refractivity contribution is 6.70. The molecule has 1 aliphatic heterocycles. The van der Waals surface area contributed by atoms with Crippen LogP contribution in [-0.2, 0) is 8.85 Å². The van der Waals surface area contributed by atoms with Gasteiger partial charge in [0.1, 0.15) is 0 Å². The molecule has 1 saturated heterocycles. The van der Waals surface area contributed by atoms with Gasteiger partial charge in [-0.2, -0.15) is 0 Å². The minimum absolute atomic E-state index is 0.324. The molecule has 0 aliphatic carbocycles. The summed E-state index contributed by atoms with van der Waals surface area (Å²) in [6.45, 7) is 15.2. The third-order valence-electron chi connectivity index (χ3n) is 4.15. The number of hydrogen-bond acceptors (Lipinski definition) is 2. The highest BCUT2D eigenvalue weighted by atomic mass is 28.4. The van der Waals surface area contributed by atoms with Crippen LogP contribution in [0.1, 0.15) is 66.7 Å². The Bertz CT molecular complexity index is 268. The van der Waals surface area contributed by atoms with Crippen molar-refractivity contribution in [2.24, 2.45) is 0 Å². The number of unbranched alkanes of at least 4 members (excludes halogenated alkanes) is 1. The zero-order chi connectivity index (χ0) is 14.5. The van der Waals surface area contributed by atoms with Gasteiger partial charge in [0.15, 0.2) is 0 Å². The van der Waals surface area contributed by atoms with E-state index in [-0.39, 0.29) is 0 Å². The molecule has 2 nitrogen and oxygen atoms in total. The van der Waals surface area contributed by atoms with E-state index in [0.29, 0.717) is 23.3 Å². The van der Waals surface area contributed by atoms with Crippen molar-refractivity contribution in [3.05, 3.63) is 12.7 Å². The first-order valence-electron chi connectivity index (χ1n) is 7.92. The first kappa shape index (κ1) is 16.9. The molecule has 0 bridgehead atoms. The van der Waals surface area contributed by atoms with Gasteiger partial charge in [-0.1, -0.05) is 53.5 Å². The van der Waals surface area contributed by atoms with Crippen molar-refractivity contribution in [2.45, 2.75) is 90.0 Å². The average molecular weight is 285 g/mol. The molecule has 19 heavy (non-hydrogen) atoms. The van der Waals surface area contributed by atoms with E-state index in [0.717, 1.165) is 12.8 Å². The molecule has 1 fully saturated rings. The first-order chi connectivity index (χ1) is 8.96. The molecule has 0 aromatic carbocycles. The summed E-state index contributed by atoms with van der Waals surface area (Å²) in [5.41, 5.74) is 1.01. The Morgan fingerprint density at radius 3 is 2.21 bits per heavy atom. The van der Waals surface area contributed by atoms with Crippen molar-refractivity contribution in [1.29, 1.82) is 0 Å². The fraction of sp³-hybridized carbons (Fsp3) is 0.875. The lowest BCUT2D eigenvalue weighted by atomic mass is 10.0. The van der Waals surface area contributed by atoms with E-state index in [2.05, 4.69) is 41.2 Å². The molecule has 0 radical (unpaired) electrons. The molecule has 0 N–H and O–H groups in total. The first-order valence-corrected chi connectivity index (χ1v) is 9.89. The SMILES string of the molecule is C=CC[C@H]1C[C@@H](CCCC)O[Si](C(C)C)(C(C)C)O1. The predicted octanol–water partition coefficient (Wildman–Crippen LogP) is 5.19. The Hall–Kier alpha value is -0.123. The van der Waals surface area contributed by atoms with E-state index in [1.54, 1.807) is 0 Å². The monoisotopic (exact) mass is 284 g/mol. The molecule has 2 atom stereocenters. The fourth-order valence-corrected chi connectivity index (χ4v) is 7.01. The van der Waals surface area contributed by atoms with Crippen molar-refractivity contribution < 1.29 is 8.85 Å². The summed E-state index contributed by atoms with van der Waals surface area (Å²) < 4.78 is 13.1. The molecule has 1 heterocycles. The van der Waals surface area contributed by atoms with Gasteiger partial charge in [-0.3, -0.25) is 0 Å². The van der Waals surface area contributed by atoms with E-state index >= 15 is 0 Å². The molecule has 0 unspecified atom stereocenters. The van der Waals surface area contributed by atoms with Crippen molar-refractivity contribution in [1.82, 2.24) is 0 Å². The normalized spacial score (nSPS) is 26.9. The Morgan fingerprint density at radius 1 is 1.16 bits per heavy atom. The molecule has 0 spiro atoms. The minimum atomic E-state index is -2.10. The summed E-state index contributed by atoms with van der Waals surface area (Å²) >= 11 is 0. The van der Waals surface area contributed by atoms with Crippen molar-refractivity contribution >= 4 is 8.56 Å². The molecule has 0 amide bonds. The lowest BCUT2D eigenvalue weighted by molar-refractivity contribution is -0.0131. The highest BCUT2D eigenvalue weighted by Gasteiger charge is 2.50. The molecule has 1 rings (SSSR count). The smallest absolute Gasteiger partial charge is 0.343 e. The summed E-state index contributed by atoms with van der Waals surface area (Å²) in [5, 5.41) is 0. The molecule has 1 aliphatic rings. The topological polar surface area (TPSA) is 18.5 Å². The summed E-state index contributed by atoms with van der Waals surface area (Å²) in [6, 6.07) is 0. The van der Waals surface area contributed by atoms with Gasteiger partial charge in [0, 0.05) is 6.10 Å². The van der Waals surface area contributed by atoms with E-state index in [9.17, 15) is 0 Å². The van der Waals surface area contributed by atoms with Crippen LogP contribution in [0.25, 0.3) is 0 Å². The lowest BCUT2D eigenvalue weighted by Crippen LogP contribution is -2.57. The Morgan fingerprint density at radius 2 is 1.74 bits per heavy atom. The number of rotatable bonds is 7. The molecule has 0 aromatic rings. The Kier molecular flexibility index (Phi) is 6.78. The van der Waals surface area contributed by atoms with Gasteiger partial charge in [-0.05, 0) is 30.3 Å². The maximum absolute atomic E-state index is 6.56. The van der Waals surface area contributed by atoms with Crippen LogP contribution in [0.3, 0.4) is 0 Å². The summed E-state index contributed by atoms with van der Waals surface area (Å²) in [7, 11) is -2.10. The third-order valence-corrected chi connectivity index (χ3v) is 8.77. The van der Waals surface area contributed by atoms with Crippen LogP contribution in [0, 0.1) is 0 Å². The number of hydrogen-bond donors (Lipinski definition) is 0. The summed E-state index contributed by atoms with van der Waals surface area (Å²) in [6.07, 6.45) is 8.39. The molecule has 0 saturated carbocycles. The van der Waals surface area contributed by atoms with E-state index in [1.807, 2.05) is 6.08 Å². The largest absolute Gasteiger partial charge is 0.391 e. The maximum Gasteiger partial charge on any atom is 0.343 e. The van der Waals surface area contributed by atoms with Crippen LogP contribution in [0.15, 0.2) is 12.7 Å². The van der Waals surface area contributed by atoms with Gasteiger partial charge in [-0.15, -0.1) is 6.58 Å². The van der Waals surface area contributed by atoms with Crippen molar-refractivity contribution in [3.63, 3.8) is 0 Å². The quantitative estimate of drug-likeness (QED) is 0.473. The van der Waals surface area contributed by atoms with Crippen LogP contribution in [0.2, 0.25) is 11.1 Å². The average Bonchev–Trinajstić information content (AvgIpc) is 2.36. The van der Waals surface area contributed by atoms with Gasteiger partial charge in [0.2, 0.25) is 0 Å². The molecule has 0 aromatic heterocycles. The van der Waals surface area contributed by atoms with E-state index in [1.165, 1.54) is 19.3 Å². The van der Waals surface area contributed by atoms with Crippen LogP contribution < -0.4 is 0 Å². The van der Waals surface area contributed by atoms with Crippen LogP contribution in [0.4, 0.5) is 0 Å². The Labute approximate surface area is 120 Å². The molecule has 3 heteroatoms. The molecular formula is C16H32O2Si. The minimum Gasteiger partial charge on any atom is -0.391 e. The van der Waals surface area contributed by atoms with Crippen LogP contribution in [0.5, 0.6) is 0 Å². The summed E-state index contributed by atoms with van der Waals surface area (Å²) in [4.78, 5) is 0. The molecular weight excluding hydrogens is 252 g/mol. The zero-order valence-corrected chi connectivity index (χ0v) is 14.4. The van der Waals surface area contributed by atoms with Gasteiger partial charge in [0.05, 0.1) is 6.10 Å². The van der Waals surface area contributed by atoms with Gasteiger partial charge >= 0.3 is 8.56 Å². The van der Waals surface area contributed by atoms with Crippen LogP contribution >= 0.6 is 0 Å². The molecule has 112 valence electrons. The second-order valence-corrected chi connectivity index (χ2v) is 10.6. The van der Waals surface area contributed by atoms with Crippen molar-refractivity contribution in [3.8, 4) is 0 Å². The van der Waals surface area contributed by atoms with E-state index in [4.69, 9.17) is 8.85 Å². The second-order valence-electron chi connectivity index (χ2n) is 6.41. The standard InChI is InChI=1S/C16H32O2Si/c1-7-9-11-16-12-15(10-8-2)17-19(18-16,13(3)4)14(5)6/h8,13-16H,2,7,9-12H2,1,3-6H3/t15-,16+/m0/s1. The fourth-order valence-electron chi connectivity index (χ4n) is 3.09. The van der Waals surface area contributed by atoms with Gasteiger partial charge in [0.25, 0.3) is 0 Å². The van der Waals surface area contributed by atoms with E-state index < -0.39 is 8.56 Å².